The largest absolute Gasteiger partial charge is 0.244 e. The van der Waals surface area contributed by atoms with Gasteiger partial charge < -0.3 is 0 Å². The van der Waals surface area contributed by atoms with E-state index >= 15 is 0 Å². The lowest BCUT2D eigenvalue weighted by Crippen LogP contribution is -2.26. The molecule has 0 aliphatic heterocycles. The summed E-state index contributed by atoms with van der Waals surface area (Å²) in [4.78, 5) is 0. The smallest absolute Gasteiger partial charge is 0.0859 e. The number of aryl methyl sites for hydroxylation is 1. The fraction of sp³-hybridized carbons (Fsp3) is 0.875. The molecule has 0 saturated heterocycles. The fourth-order valence-corrected chi connectivity index (χ4v) is 4.20. The molecule has 106 valence electrons. The van der Waals surface area contributed by atoms with Crippen LogP contribution in [0, 0.1) is 23.7 Å². The maximum absolute atomic E-state index is 4.46. The van der Waals surface area contributed by atoms with Gasteiger partial charge in [-0.3, -0.25) is 0 Å². The van der Waals surface area contributed by atoms with Gasteiger partial charge in [0, 0.05) is 0 Å². The summed E-state index contributed by atoms with van der Waals surface area (Å²) in [5, 5.41) is 8.87. The van der Waals surface area contributed by atoms with Crippen LogP contribution in [-0.2, 0) is 18.4 Å². The summed E-state index contributed by atoms with van der Waals surface area (Å²) in [7, 11) is 0. The molecule has 1 aromatic rings. The number of rotatable bonds is 1. The van der Waals surface area contributed by atoms with Gasteiger partial charge >= 0.3 is 0 Å². The van der Waals surface area contributed by atoms with Crippen LogP contribution in [0.4, 0.5) is 0 Å². The Kier molecular flexibility index (Phi) is 2.99. The lowest BCUT2D eigenvalue weighted by atomic mass is 10.00. The molecule has 3 heteroatoms. The van der Waals surface area contributed by atoms with E-state index in [0.29, 0.717) is 0 Å². The molecule has 0 bridgehead atoms. The molecule has 1 heterocycles. The van der Waals surface area contributed by atoms with Crippen LogP contribution in [0.3, 0.4) is 0 Å². The highest BCUT2D eigenvalue weighted by Gasteiger charge is 2.50. The van der Waals surface area contributed by atoms with E-state index in [1.807, 2.05) is 0 Å². The summed E-state index contributed by atoms with van der Waals surface area (Å²) < 4.78 is 2.16. The molecule has 0 radical (unpaired) electrons. The van der Waals surface area contributed by atoms with Crippen LogP contribution in [0.2, 0.25) is 0 Å². The second-order valence-electron chi connectivity index (χ2n) is 7.79. The van der Waals surface area contributed by atoms with Gasteiger partial charge in [0.15, 0.2) is 0 Å². The molecule has 1 saturated carbocycles. The Morgan fingerprint density at radius 3 is 2.32 bits per heavy atom. The van der Waals surface area contributed by atoms with Crippen molar-refractivity contribution in [1.82, 2.24) is 15.0 Å². The highest BCUT2D eigenvalue weighted by atomic mass is 15.5. The summed E-state index contributed by atoms with van der Waals surface area (Å²) in [6.45, 7) is 11.4. The van der Waals surface area contributed by atoms with E-state index in [2.05, 4.69) is 49.6 Å². The molecule has 0 unspecified atom stereocenters. The second-order valence-corrected chi connectivity index (χ2v) is 7.79. The van der Waals surface area contributed by atoms with E-state index in [9.17, 15) is 0 Å². The van der Waals surface area contributed by atoms with Crippen LogP contribution >= 0.6 is 0 Å². The molecule has 2 aliphatic rings. The normalized spacial score (nSPS) is 30.5. The van der Waals surface area contributed by atoms with Crippen molar-refractivity contribution in [1.29, 1.82) is 0 Å². The molecule has 3 atom stereocenters. The van der Waals surface area contributed by atoms with Gasteiger partial charge in [-0.2, -0.15) is 0 Å². The zero-order valence-electron chi connectivity index (χ0n) is 13.0. The van der Waals surface area contributed by atoms with E-state index in [0.717, 1.165) is 30.1 Å². The van der Waals surface area contributed by atoms with Gasteiger partial charge in [-0.1, -0.05) is 19.1 Å². The Hall–Kier alpha value is -0.860. The fourth-order valence-electron chi connectivity index (χ4n) is 4.20. The van der Waals surface area contributed by atoms with Gasteiger partial charge in [0.1, 0.15) is 0 Å². The van der Waals surface area contributed by atoms with Crippen LogP contribution in [-0.4, -0.2) is 15.0 Å². The minimum atomic E-state index is 0.0557. The molecule has 0 N–H and O–H groups in total. The third-order valence-corrected chi connectivity index (χ3v) is 5.08. The summed E-state index contributed by atoms with van der Waals surface area (Å²) in [6.07, 6.45) is 4.97. The SMILES string of the molecule is CC(C)[C@@H]1[C@@H]2CCc3nnn(C(C)(C)C)c3CC[C@@H]21. The lowest BCUT2D eigenvalue weighted by Gasteiger charge is -2.22. The van der Waals surface area contributed by atoms with Crippen molar-refractivity contribution in [2.24, 2.45) is 23.7 Å². The summed E-state index contributed by atoms with van der Waals surface area (Å²) in [5.74, 6) is 3.76. The van der Waals surface area contributed by atoms with Crippen LogP contribution in [0.5, 0.6) is 0 Å². The molecule has 0 aromatic carbocycles. The maximum atomic E-state index is 4.46. The van der Waals surface area contributed by atoms with E-state index in [1.54, 1.807) is 0 Å². The van der Waals surface area contributed by atoms with Crippen molar-refractivity contribution in [3.8, 4) is 0 Å². The Morgan fingerprint density at radius 2 is 1.74 bits per heavy atom. The number of hydrogen-bond acceptors (Lipinski definition) is 2. The molecule has 1 aromatic heterocycles. The highest BCUT2D eigenvalue weighted by Crippen LogP contribution is 2.56. The van der Waals surface area contributed by atoms with Crippen molar-refractivity contribution in [2.45, 2.75) is 65.8 Å². The Morgan fingerprint density at radius 1 is 1.11 bits per heavy atom. The topological polar surface area (TPSA) is 30.7 Å². The van der Waals surface area contributed by atoms with Crippen molar-refractivity contribution in [3.63, 3.8) is 0 Å². The first-order valence-electron chi connectivity index (χ1n) is 7.83. The third kappa shape index (κ3) is 2.21. The molecule has 0 spiro atoms. The summed E-state index contributed by atoms with van der Waals surface area (Å²) in [5.41, 5.74) is 2.73. The zero-order valence-corrected chi connectivity index (χ0v) is 13.0. The maximum Gasteiger partial charge on any atom is 0.0859 e. The van der Waals surface area contributed by atoms with Crippen molar-refractivity contribution in [3.05, 3.63) is 11.4 Å². The molecule has 3 nitrogen and oxygen atoms in total. The van der Waals surface area contributed by atoms with E-state index < -0.39 is 0 Å². The monoisotopic (exact) mass is 261 g/mol. The molecule has 19 heavy (non-hydrogen) atoms. The Labute approximate surface area is 116 Å². The van der Waals surface area contributed by atoms with Crippen molar-refractivity contribution in [2.75, 3.05) is 0 Å². The van der Waals surface area contributed by atoms with Gasteiger partial charge in [0.2, 0.25) is 0 Å². The number of nitrogens with zero attached hydrogens (tertiary/aromatic N) is 3. The van der Waals surface area contributed by atoms with E-state index in [-0.39, 0.29) is 5.54 Å². The van der Waals surface area contributed by atoms with Crippen LogP contribution in [0.1, 0.15) is 58.8 Å². The first kappa shape index (κ1) is 13.1. The predicted molar refractivity (Wildman–Crippen MR) is 77.0 cm³/mol. The number of aromatic nitrogens is 3. The lowest BCUT2D eigenvalue weighted by molar-refractivity contribution is 0.332. The molecular weight excluding hydrogens is 234 g/mol. The third-order valence-electron chi connectivity index (χ3n) is 5.08. The predicted octanol–water partition coefficient (Wildman–Crippen LogP) is 3.43. The molecule has 2 aliphatic carbocycles. The van der Waals surface area contributed by atoms with Crippen LogP contribution < -0.4 is 0 Å². The Balaban J connectivity index is 1.82. The highest BCUT2D eigenvalue weighted by molar-refractivity contribution is 5.16. The number of hydrogen-bond donors (Lipinski definition) is 0. The standard InChI is InChI=1S/C16H27N3/c1-10(2)15-11-6-8-13-14(9-7-12(11)15)19(18-17-13)16(3,4)5/h10-12,15H,6-9H2,1-5H3/t11-,12+,15-/m1/s1. The van der Waals surface area contributed by atoms with Gasteiger partial charge in [-0.25, -0.2) is 4.68 Å². The molecule has 0 amide bonds. The van der Waals surface area contributed by atoms with Gasteiger partial charge in [0.05, 0.1) is 16.9 Å². The van der Waals surface area contributed by atoms with Gasteiger partial charge in [0.25, 0.3) is 0 Å². The number of fused-ring (bicyclic) bond motifs is 2. The first-order valence-corrected chi connectivity index (χ1v) is 7.83. The first-order chi connectivity index (χ1) is 8.89. The van der Waals surface area contributed by atoms with Gasteiger partial charge in [-0.15, -0.1) is 5.10 Å². The minimum Gasteiger partial charge on any atom is -0.244 e. The Bertz CT molecular complexity index is 467. The summed E-state index contributed by atoms with van der Waals surface area (Å²) in [6, 6.07) is 0. The summed E-state index contributed by atoms with van der Waals surface area (Å²) >= 11 is 0. The van der Waals surface area contributed by atoms with Crippen LogP contribution in [0.25, 0.3) is 0 Å². The van der Waals surface area contributed by atoms with Gasteiger partial charge in [-0.05, 0) is 70.1 Å². The van der Waals surface area contributed by atoms with Crippen molar-refractivity contribution < 1.29 is 0 Å². The van der Waals surface area contributed by atoms with Crippen LogP contribution in [0.15, 0.2) is 0 Å². The average molecular weight is 261 g/mol. The second kappa shape index (κ2) is 4.32. The minimum absolute atomic E-state index is 0.0557. The van der Waals surface area contributed by atoms with E-state index in [1.165, 1.54) is 30.7 Å². The zero-order chi connectivity index (χ0) is 13.8. The molecule has 3 rings (SSSR count). The molecule has 1 fully saturated rings. The molecular formula is C16H27N3. The quantitative estimate of drug-likeness (QED) is 0.775. The van der Waals surface area contributed by atoms with E-state index in [4.69, 9.17) is 0 Å². The average Bonchev–Trinajstić information content (AvgIpc) is 2.79. The van der Waals surface area contributed by atoms with Crippen molar-refractivity contribution >= 4 is 0 Å².